The Morgan fingerprint density at radius 1 is 1.50 bits per heavy atom. The van der Waals surface area contributed by atoms with E-state index in [-0.39, 0.29) is 11.3 Å². The van der Waals surface area contributed by atoms with Gasteiger partial charge in [-0.25, -0.2) is 9.18 Å². The van der Waals surface area contributed by atoms with Crippen LogP contribution in [0.1, 0.15) is 10.4 Å². The van der Waals surface area contributed by atoms with E-state index < -0.39 is 30.3 Å². The number of rotatable bonds is 4. The van der Waals surface area contributed by atoms with E-state index in [1.54, 1.807) is 0 Å². The van der Waals surface area contributed by atoms with Gasteiger partial charge in [0.25, 0.3) is 5.91 Å². The van der Waals surface area contributed by atoms with E-state index >= 15 is 0 Å². The van der Waals surface area contributed by atoms with Gasteiger partial charge in [-0.2, -0.15) is 0 Å². The van der Waals surface area contributed by atoms with Crippen LogP contribution < -0.4 is 5.32 Å². The van der Waals surface area contributed by atoms with Crippen molar-refractivity contribution in [1.82, 2.24) is 5.32 Å². The van der Waals surface area contributed by atoms with Crippen LogP contribution in [0.3, 0.4) is 0 Å². The first kappa shape index (κ1) is 13.9. The van der Waals surface area contributed by atoms with Gasteiger partial charge in [-0.3, -0.25) is 4.79 Å². The Kier molecular flexibility index (Phi) is 4.61. The number of benzene rings is 1. The summed E-state index contributed by atoms with van der Waals surface area (Å²) in [7, 11) is 1.10. The van der Waals surface area contributed by atoms with E-state index in [2.05, 4.69) is 10.1 Å². The van der Waals surface area contributed by atoms with Crippen molar-refractivity contribution in [2.45, 2.75) is 6.04 Å². The zero-order chi connectivity index (χ0) is 13.7. The Labute approximate surface area is 102 Å². The number of amides is 1. The van der Waals surface area contributed by atoms with E-state index in [0.717, 1.165) is 25.3 Å². The summed E-state index contributed by atoms with van der Waals surface area (Å²) in [6.45, 7) is -0.669. The molecule has 1 amide bonds. The number of methoxy groups -OCH3 is 1. The summed E-state index contributed by atoms with van der Waals surface area (Å²) in [6.07, 6.45) is 0. The molecule has 0 aliphatic rings. The van der Waals surface area contributed by atoms with Crippen molar-refractivity contribution in [3.05, 3.63) is 29.6 Å². The van der Waals surface area contributed by atoms with E-state index in [1.807, 2.05) is 0 Å². The molecule has 98 valence electrons. The highest BCUT2D eigenvalue weighted by atomic mass is 19.1. The highest BCUT2D eigenvalue weighted by molar-refractivity contribution is 5.97. The van der Waals surface area contributed by atoms with Gasteiger partial charge in [0.1, 0.15) is 11.6 Å². The van der Waals surface area contributed by atoms with Crippen molar-refractivity contribution < 1.29 is 28.9 Å². The van der Waals surface area contributed by atoms with Gasteiger partial charge in [0.15, 0.2) is 6.04 Å². The van der Waals surface area contributed by atoms with Crippen LogP contribution in [-0.2, 0) is 9.53 Å². The molecule has 0 saturated carbocycles. The number of carbonyl (C=O) groups is 2. The third-order valence-corrected chi connectivity index (χ3v) is 2.17. The summed E-state index contributed by atoms with van der Waals surface area (Å²) in [5.74, 6) is -2.99. The summed E-state index contributed by atoms with van der Waals surface area (Å²) in [5, 5.41) is 20.0. The molecule has 1 atom stereocenters. The standard InChI is InChI=1S/C11H12FNO5/c1-18-11(17)9(5-14)13-10(16)7-3-2-6(15)4-8(7)12/h2-4,9,14-15H,5H2,1H3,(H,13,16). The molecule has 0 radical (unpaired) electrons. The number of halogens is 1. The number of phenols is 1. The van der Waals surface area contributed by atoms with Gasteiger partial charge < -0.3 is 20.3 Å². The fourth-order valence-corrected chi connectivity index (χ4v) is 1.25. The number of hydrogen-bond acceptors (Lipinski definition) is 5. The molecule has 1 rings (SSSR count). The third kappa shape index (κ3) is 3.17. The Hall–Kier alpha value is -2.15. The lowest BCUT2D eigenvalue weighted by Gasteiger charge is -2.14. The van der Waals surface area contributed by atoms with Crippen molar-refractivity contribution >= 4 is 11.9 Å². The number of phenolic OH excluding ortho intramolecular Hbond substituents is 1. The minimum atomic E-state index is -1.27. The van der Waals surface area contributed by atoms with E-state index in [0.29, 0.717) is 0 Å². The monoisotopic (exact) mass is 257 g/mol. The topological polar surface area (TPSA) is 95.9 Å². The molecule has 0 aromatic heterocycles. The third-order valence-electron chi connectivity index (χ3n) is 2.17. The second kappa shape index (κ2) is 5.97. The van der Waals surface area contributed by atoms with Gasteiger partial charge in [-0.15, -0.1) is 0 Å². The van der Waals surface area contributed by atoms with E-state index in [1.165, 1.54) is 0 Å². The molecular formula is C11H12FNO5. The number of hydrogen-bond donors (Lipinski definition) is 3. The first-order chi connectivity index (χ1) is 8.49. The van der Waals surface area contributed by atoms with Crippen molar-refractivity contribution in [3.8, 4) is 5.75 Å². The summed E-state index contributed by atoms with van der Waals surface area (Å²) >= 11 is 0. The quantitative estimate of drug-likeness (QED) is 0.649. The van der Waals surface area contributed by atoms with E-state index in [4.69, 9.17) is 10.2 Å². The molecule has 6 nitrogen and oxygen atoms in total. The zero-order valence-electron chi connectivity index (χ0n) is 9.51. The normalized spacial score (nSPS) is 11.7. The van der Waals surface area contributed by atoms with Crippen molar-refractivity contribution in [2.24, 2.45) is 0 Å². The predicted molar refractivity (Wildman–Crippen MR) is 58.4 cm³/mol. The molecule has 1 aromatic carbocycles. The second-order valence-corrected chi connectivity index (χ2v) is 3.40. The largest absolute Gasteiger partial charge is 0.508 e. The first-order valence-corrected chi connectivity index (χ1v) is 4.97. The van der Waals surface area contributed by atoms with Gasteiger partial charge in [0.2, 0.25) is 0 Å². The Morgan fingerprint density at radius 2 is 2.17 bits per heavy atom. The average Bonchev–Trinajstić information content (AvgIpc) is 2.34. The van der Waals surface area contributed by atoms with E-state index in [9.17, 15) is 14.0 Å². The van der Waals surface area contributed by atoms with Gasteiger partial charge >= 0.3 is 5.97 Å². The van der Waals surface area contributed by atoms with Gasteiger partial charge in [0, 0.05) is 6.07 Å². The SMILES string of the molecule is COC(=O)C(CO)NC(=O)c1ccc(O)cc1F. The fourth-order valence-electron chi connectivity index (χ4n) is 1.25. The fraction of sp³-hybridized carbons (Fsp3) is 0.273. The first-order valence-electron chi connectivity index (χ1n) is 4.97. The number of esters is 1. The maximum atomic E-state index is 13.3. The number of aliphatic hydroxyl groups excluding tert-OH is 1. The molecule has 0 spiro atoms. The van der Waals surface area contributed by atoms with Gasteiger partial charge in [-0.1, -0.05) is 0 Å². The maximum Gasteiger partial charge on any atom is 0.330 e. The summed E-state index contributed by atoms with van der Waals surface area (Å²) in [5.41, 5.74) is -0.352. The molecule has 3 N–H and O–H groups in total. The summed E-state index contributed by atoms with van der Waals surface area (Å²) in [6, 6.07) is 1.69. The molecule has 18 heavy (non-hydrogen) atoms. The lowest BCUT2D eigenvalue weighted by atomic mass is 10.1. The Morgan fingerprint density at radius 3 is 2.67 bits per heavy atom. The molecule has 0 fully saturated rings. The molecular weight excluding hydrogens is 245 g/mol. The number of aliphatic hydroxyl groups is 1. The van der Waals surface area contributed by atoms with Gasteiger partial charge in [-0.05, 0) is 12.1 Å². The highest BCUT2D eigenvalue weighted by Crippen LogP contribution is 2.14. The van der Waals surface area contributed by atoms with Crippen molar-refractivity contribution in [2.75, 3.05) is 13.7 Å². The van der Waals surface area contributed by atoms with Crippen LogP contribution in [0.4, 0.5) is 4.39 Å². The van der Waals surface area contributed by atoms with Crippen molar-refractivity contribution in [3.63, 3.8) is 0 Å². The zero-order valence-corrected chi connectivity index (χ0v) is 9.51. The number of carbonyl (C=O) groups excluding carboxylic acids is 2. The summed E-state index contributed by atoms with van der Waals surface area (Å²) < 4.78 is 17.7. The van der Waals surface area contributed by atoms with Crippen LogP contribution in [0, 0.1) is 5.82 Å². The van der Waals surface area contributed by atoms with Crippen LogP contribution in [0.15, 0.2) is 18.2 Å². The molecule has 0 heterocycles. The number of ether oxygens (including phenoxy) is 1. The molecule has 0 bridgehead atoms. The summed E-state index contributed by atoms with van der Waals surface area (Å²) in [4.78, 5) is 22.7. The maximum absolute atomic E-state index is 13.3. The lowest BCUT2D eigenvalue weighted by Crippen LogP contribution is -2.44. The van der Waals surface area contributed by atoms with Crippen molar-refractivity contribution in [1.29, 1.82) is 0 Å². The molecule has 0 aliphatic carbocycles. The van der Waals surface area contributed by atoms with Gasteiger partial charge in [0.05, 0.1) is 19.3 Å². The van der Waals surface area contributed by atoms with Crippen LogP contribution >= 0.6 is 0 Å². The number of aromatic hydroxyl groups is 1. The minimum Gasteiger partial charge on any atom is -0.508 e. The molecule has 1 unspecified atom stereocenters. The Balaban J connectivity index is 2.84. The molecule has 1 aromatic rings. The second-order valence-electron chi connectivity index (χ2n) is 3.40. The minimum absolute atomic E-state index is 0.323. The lowest BCUT2D eigenvalue weighted by molar-refractivity contribution is -0.143. The smallest absolute Gasteiger partial charge is 0.330 e. The molecule has 0 saturated heterocycles. The average molecular weight is 257 g/mol. The van der Waals surface area contributed by atoms with Crippen LogP contribution in [-0.4, -0.2) is 41.8 Å². The van der Waals surface area contributed by atoms with Crippen LogP contribution in [0.5, 0.6) is 5.75 Å². The van der Waals surface area contributed by atoms with Crippen LogP contribution in [0.2, 0.25) is 0 Å². The predicted octanol–water partition coefficient (Wildman–Crippen LogP) is -0.205. The number of nitrogens with one attached hydrogen (secondary N) is 1. The molecule has 7 heteroatoms. The Bertz CT molecular complexity index is 463. The highest BCUT2D eigenvalue weighted by Gasteiger charge is 2.22. The van der Waals surface area contributed by atoms with Crippen LogP contribution in [0.25, 0.3) is 0 Å². The molecule has 0 aliphatic heterocycles.